The highest BCUT2D eigenvalue weighted by Gasteiger charge is 2.49. The Balaban J connectivity index is 1.17. The zero-order valence-corrected chi connectivity index (χ0v) is 31.6. The molecule has 1 aromatic heterocycles. The van der Waals surface area contributed by atoms with Gasteiger partial charge in [-0.05, 0) is 123 Å². The number of pyridine rings is 1. The molecule has 0 fully saturated rings. The zero-order valence-electron chi connectivity index (χ0n) is 31.6. The highest BCUT2D eigenvalue weighted by molar-refractivity contribution is 6.22. The number of aromatic nitrogens is 1. The fourth-order valence-corrected chi connectivity index (χ4v) is 8.55. The first-order chi connectivity index (χ1) is 26.8. The predicted octanol–water partition coefficient (Wildman–Crippen LogP) is 13.5. The Hall–Kier alpha value is -6.58. The molecular formula is C52H41N3. The smallest absolute Gasteiger partial charge is 0.136 e. The van der Waals surface area contributed by atoms with Crippen LogP contribution in [0.3, 0.4) is 0 Å². The predicted molar refractivity (Wildman–Crippen MR) is 234 cm³/mol. The van der Waals surface area contributed by atoms with E-state index in [1.54, 1.807) is 0 Å². The molecule has 0 atom stereocenters. The molecule has 0 saturated carbocycles. The van der Waals surface area contributed by atoms with E-state index < -0.39 is 0 Å². The molecule has 0 radical (unpaired) electrons. The maximum absolute atomic E-state index is 5.26. The number of nitrogens with zero attached hydrogens (tertiary/aromatic N) is 3. The quantitative estimate of drug-likeness (QED) is 0.167. The summed E-state index contributed by atoms with van der Waals surface area (Å²) in [4.78, 5) is 12.8. The summed E-state index contributed by atoms with van der Waals surface area (Å²) in [5.74, 6) is 0.976. The molecule has 0 amide bonds. The SMILES string of the molecule is CC1(C)N=C(c2ccccc2)N(c2ccc(-c3ccc4c(-c5ccc6ccccc6c5)c5ccccc5c(-c5ccc6ccccc6c5)c4c3)nc2)C1(C)C. The van der Waals surface area contributed by atoms with Gasteiger partial charge in [0.2, 0.25) is 0 Å². The average Bonchev–Trinajstić information content (AvgIpc) is 3.42. The van der Waals surface area contributed by atoms with Crippen LogP contribution in [0, 0.1) is 0 Å². The summed E-state index contributed by atoms with van der Waals surface area (Å²) in [5.41, 5.74) is 8.51. The first-order valence-corrected chi connectivity index (χ1v) is 19.2. The molecule has 8 aromatic carbocycles. The molecule has 55 heavy (non-hydrogen) atoms. The van der Waals surface area contributed by atoms with Crippen LogP contribution in [-0.2, 0) is 0 Å². The molecule has 9 aromatic rings. The zero-order chi connectivity index (χ0) is 37.3. The van der Waals surface area contributed by atoms with E-state index >= 15 is 0 Å². The minimum absolute atomic E-state index is 0.265. The van der Waals surface area contributed by atoms with Crippen LogP contribution in [-0.4, -0.2) is 21.9 Å². The van der Waals surface area contributed by atoms with Crippen LogP contribution in [0.4, 0.5) is 5.69 Å². The van der Waals surface area contributed by atoms with Gasteiger partial charge in [0, 0.05) is 11.1 Å². The second kappa shape index (κ2) is 12.5. The lowest BCUT2D eigenvalue weighted by atomic mass is 9.83. The molecule has 264 valence electrons. The summed E-state index contributed by atoms with van der Waals surface area (Å²) >= 11 is 0. The van der Waals surface area contributed by atoms with E-state index in [0.29, 0.717) is 0 Å². The Morgan fingerprint density at radius 3 is 1.55 bits per heavy atom. The van der Waals surface area contributed by atoms with Crippen LogP contribution in [0.5, 0.6) is 0 Å². The minimum atomic E-state index is -0.292. The monoisotopic (exact) mass is 707 g/mol. The van der Waals surface area contributed by atoms with Crippen molar-refractivity contribution in [1.82, 2.24) is 4.98 Å². The molecule has 3 nitrogen and oxygen atoms in total. The van der Waals surface area contributed by atoms with Gasteiger partial charge in [0.25, 0.3) is 0 Å². The summed E-state index contributed by atoms with van der Waals surface area (Å²) < 4.78 is 0. The van der Waals surface area contributed by atoms with Gasteiger partial charge >= 0.3 is 0 Å². The maximum atomic E-state index is 5.26. The third-order valence-electron chi connectivity index (χ3n) is 12.1. The minimum Gasteiger partial charge on any atom is -0.317 e. The number of aliphatic imine (C=N–C) groups is 1. The van der Waals surface area contributed by atoms with Crippen molar-refractivity contribution < 1.29 is 0 Å². The molecule has 0 aliphatic carbocycles. The summed E-state index contributed by atoms with van der Waals surface area (Å²) in [6.45, 7) is 8.98. The number of amidine groups is 1. The molecule has 0 N–H and O–H groups in total. The number of hydrogen-bond acceptors (Lipinski definition) is 3. The van der Waals surface area contributed by atoms with Gasteiger partial charge in [0.15, 0.2) is 0 Å². The Bertz CT molecular complexity index is 2970. The van der Waals surface area contributed by atoms with Crippen LogP contribution in [0.25, 0.3) is 76.6 Å². The Morgan fingerprint density at radius 1 is 0.418 bits per heavy atom. The van der Waals surface area contributed by atoms with E-state index in [4.69, 9.17) is 9.98 Å². The van der Waals surface area contributed by atoms with Gasteiger partial charge in [-0.3, -0.25) is 9.98 Å². The third kappa shape index (κ3) is 5.33. The van der Waals surface area contributed by atoms with Crippen LogP contribution in [0.2, 0.25) is 0 Å². The number of fused-ring (bicyclic) bond motifs is 4. The molecule has 0 saturated heterocycles. The van der Waals surface area contributed by atoms with E-state index in [1.165, 1.54) is 65.3 Å². The lowest BCUT2D eigenvalue weighted by molar-refractivity contribution is 0.338. The molecule has 0 unspecified atom stereocenters. The Labute approximate surface area is 322 Å². The van der Waals surface area contributed by atoms with Crippen molar-refractivity contribution in [3.8, 4) is 33.5 Å². The largest absolute Gasteiger partial charge is 0.317 e. The first kappa shape index (κ1) is 33.0. The third-order valence-corrected chi connectivity index (χ3v) is 12.1. The normalized spacial score (nSPS) is 14.9. The summed E-state index contributed by atoms with van der Waals surface area (Å²) in [5, 5.41) is 9.87. The van der Waals surface area contributed by atoms with E-state index in [2.05, 4.69) is 202 Å². The van der Waals surface area contributed by atoms with Gasteiger partial charge in [0.05, 0.1) is 28.7 Å². The number of anilines is 1. The van der Waals surface area contributed by atoms with E-state index in [-0.39, 0.29) is 11.1 Å². The molecule has 1 aliphatic rings. The van der Waals surface area contributed by atoms with Crippen molar-refractivity contribution in [2.75, 3.05) is 4.90 Å². The average molecular weight is 708 g/mol. The standard InChI is InChI=1S/C52H41N3/c1-51(2)52(3,4)55(50(54-51)36-16-6-5-7-17-36)42-27-29-47(53-33-42)39-26-28-45-46(32-39)49(41-25-23-35-15-9-11-19-38(35)31-41)44-21-13-12-20-43(44)48(45)40-24-22-34-14-8-10-18-37(34)30-40/h5-33H,1-4H3. The maximum Gasteiger partial charge on any atom is 0.136 e. The van der Waals surface area contributed by atoms with Crippen molar-refractivity contribution in [2.24, 2.45) is 4.99 Å². The van der Waals surface area contributed by atoms with Crippen molar-refractivity contribution in [2.45, 2.75) is 38.8 Å². The van der Waals surface area contributed by atoms with Gasteiger partial charge in [0.1, 0.15) is 5.84 Å². The van der Waals surface area contributed by atoms with Crippen molar-refractivity contribution in [1.29, 1.82) is 0 Å². The number of benzene rings is 8. The van der Waals surface area contributed by atoms with Gasteiger partial charge in [-0.25, -0.2) is 0 Å². The van der Waals surface area contributed by atoms with Crippen molar-refractivity contribution in [3.63, 3.8) is 0 Å². The molecule has 3 heteroatoms. The van der Waals surface area contributed by atoms with Crippen LogP contribution >= 0.6 is 0 Å². The van der Waals surface area contributed by atoms with E-state index in [0.717, 1.165) is 28.3 Å². The number of rotatable bonds is 5. The van der Waals surface area contributed by atoms with Gasteiger partial charge in [-0.2, -0.15) is 0 Å². The van der Waals surface area contributed by atoms with Crippen LogP contribution < -0.4 is 4.90 Å². The summed E-state index contributed by atoms with van der Waals surface area (Å²) in [6, 6.07) is 61.7. The van der Waals surface area contributed by atoms with E-state index in [9.17, 15) is 0 Å². The van der Waals surface area contributed by atoms with E-state index in [1.807, 2.05) is 6.20 Å². The summed E-state index contributed by atoms with van der Waals surface area (Å²) in [7, 11) is 0. The van der Waals surface area contributed by atoms with Crippen molar-refractivity contribution >= 4 is 54.6 Å². The highest BCUT2D eigenvalue weighted by atomic mass is 15.3. The number of hydrogen-bond donors (Lipinski definition) is 0. The first-order valence-electron chi connectivity index (χ1n) is 19.2. The molecule has 1 aliphatic heterocycles. The highest BCUT2D eigenvalue weighted by Crippen LogP contribution is 2.46. The topological polar surface area (TPSA) is 28.5 Å². The fourth-order valence-electron chi connectivity index (χ4n) is 8.55. The molecule has 0 spiro atoms. The van der Waals surface area contributed by atoms with Crippen LogP contribution in [0.15, 0.2) is 181 Å². The van der Waals surface area contributed by atoms with Gasteiger partial charge in [-0.15, -0.1) is 0 Å². The molecule has 2 heterocycles. The fraction of sp³-hybridized carbons (Fsp3) is 0.115. The van der Waals surface area contributed by atoms with Gasteiger partial charge in [-0.1, -0.05) is 140 Å². The van der Waals surface area contributed by atoms with Gasteiger partial charge < -0.3 is 4.90 Å². The lowest BCUT2D eigenvalue weighted by Gasteiger charge is -2.41. The Kier molecular flexibility index (Phi) is 7.50. The van der Waals surface area contributed by atoms with Crippen LogP contribution in [0.1, 0.15) is 33.3 Å². The molecule has 10 rings (SSSR count). The second-order valence-corrected chi connectivity index (χ2v) is 15.8. The van der Waals surface area contributed by atoms with Crippen molar-refractivity contribution in [3.05, 3.63) is 182 Å². The second-order valence-electron chi connectivity index (χ2n) is 15.8. The molecule has 0 bridgehead atoms. The Morgan fingerprint density at radius 2 is 0.945 bits per heavy atom. The summed E-state index contributed by atoms with van der Waals surface area (Å²) in [6.07, 6.45) is 2.02. The lowest BCUT2D eigenvalue weighted by Crippen LogP contribution is -2.53. The molecular weight excluding hydrogens is 667 g/mol.